The minimum Gasteiger partial charge on any atom is -0.507 e. The van der Waals surface area contributed by atoms with Crippen molar-refractivity contribution >= 4 is 11.0 Å². The molecule has 2 unspecified atom stereocenters. The third-order valence-corrected chi connectivity index (χ3v) is 4.26. The lowest BCUT2D eigenvalue weighted by Gasteiger charge is -2.22. The van der Waals surface area contributed by atoms with Crippen LogP contribution in [0.15, 0.2) is 34.0 Å². The van der Waals surface area contributed by atoms with Gasteiger partial charge in [0.05, 0.1) is 5.39 Å². The summed E-state index contributed by atoms with van der Waals surface area (Å²) in [6.45, 7) is 7.66. The Hall–Kier alpha value is -2.23. The number of hydrogen-bond donors (Lipinski definition) is 1. The zero-order chi connectivity index (χ0) is 15.9. The number of rotatable bonds is 3. The molecule has 4 nitrogen and oxygen atoms in total. The van der Waals surface area contributed by atoms with Gasteiger partial charge in [0.1, 0.15) is 23.2 Å². The van der Waals surface area contributed by atoms with Crippen LogP contribution in [0.3, 0.4) is 0 Å². The van der Waals surface area contributed by atoms with E-state index >= 15 is 0 Å². The number of phenols is 1. The fraction of sp³-hybridized carbons (Fsp3) is 0.389. The summed E-state index contributed by atoms with van der Waals surface area (Å²) >= 11 is 0. The summed E-state index contributed by atoms with van der Waals surface area (Å²) in [7, 11) is 0. The Morgan fingerprint density at radius 2 is 2.23 bits per heavy atom. The standard InChI is InChI=1S/C18H20O4/c1-4-11(3)21-12-8-15(19)17-14-7-10(2)5-6-13(14)18(20)22-16(17)9-12/h4,8-11,19H,1,5-7H2,2-3H3. The maximum absolute atomic E-state index is 12.2. The van der Waals surface area contributed by atoms with Gasteiger partial charge in [-0.3, -0.25) is 0 Å². The van der Waals surface area contributed by atoms with Crippen molar-refractivity contribution in [2.45, 2.75) is 39.2 Å². The van der Waals surface area contributed by atoms with Crippen molar-refractivity contribution < 1.29 is 14.3 Å². The molecule has 3 rings (SSSR count). The molecule has 1 aliphatic carbocycles. The lowest BCUT2D eigenvalue weighted by atomic mass is 9.84. The van der Waals surface area contributed by atoms with Gasteiger partial charge in [0, 0.05) is 17.7 Å². The molecule has 1 aromatic carbocycles. The molecule has 0 amide bonds. The largest absolute Gasteiger partial charge is 0.507 e. The molecule has 4 heteroatoms. The van der Waals surface area contributed by atoms with Gasteiger partial charge in [0.2, 0.25) is 0 Å². The fourth-order valence-corrected chi connectivity index (χ4v) is 3.05. The molecule has 22 heavy (non-hydrogen) atoms. The van der Waals surface area contributed by atoms with Gasteiger partial charge in [-0.2, -0.15) is 0 Å². The monoisotopic (exact) mass is 300 g/mol. The van der Waals surface area contributed by atoms with Gasteiger partial charge in [-0.1, -0.05) is 19.6 Å². The fourth-order valence-electron chi connectivity index (χ4n) is 3.05. The van der Waals surface area contributed by atoms with Crippen LogP contribution in [0.1, 0.15) is 31.4 Å². The summed E-state index contributed by atoms with van der Waals surface area (Å²) < 4.78 is 11.0. The van der Waals surface area contributed by atoms with E-state index in [1.54, 1.807) is 18.2 Å². The van der Waals surface area contributed by atoms with Crippen LogP contribution in [-0.2, 0) is 12.8 Å². The predicted octanol–water partition coefficient (Wildman–Crippen LogP) is 3.58. The molecular weight excluding hydrogens is 280 g/mol. The van der Waals surface area contributed by atoms with Gasteiger partial charge < -0.3 is 14.3 Å². The van der Waals surface area contributed by atoms with E-state index in [0.717, 1.165) is 18.4 Å². The molecule has 0 fully saturated rings. The lowest BCUT2D eigenvalue weighted by Crippen LogP contribution is -2.20. The summed E-state index contributed by atoms with van der Waals surface area (Å²) in [5.41, 5.74) is 1.70. The molecule has 0 saturated heterocycles. The second-order valence-corrected chi connectivity index (χ2v) is 6.07. The predicted molar refractivity (Wildman–Crippen MR) is 85.6 cm³/mol. The van der Waals surface area contributed by atoms with Crippen molar-refractivity contribution in [1.82, 2.24) is 0 Å². The minimum absolute atomic E-state index is 0.0952. The summed E-state index contributed by atoms with van der Waals surface area (Å²) in [6.07, 6.45) is 3.93. The average Bonchev–Trinajstić information content (AvgIpc) is 2.46. The summed E-state index contributed by atoms with van der Waals surface area (Å²) in [6, 6.07) is 3.23. The number of aromatic hydroxyl groups is 1. The molecule has 0 bridgehead atoms. The van der Waals surface area contributed by atoms with Crippen LogP contribution in [0.2, 0.25) is 0 Å². The second-order valence-electron chi connectivity index (χ2n) is 6.07. The number of fused-ring (bicyclic) bond motifs is 3. The minimum atomic E-state index is -0.303. The van der Waals surface area contributed by atoms with E-state index < -0.39 is 0 Å². The first kappa shape index (κ1) is 14.7. The van der Waals surface area contributed by atoms with E-state index in [-0.39, 0.29) is 17.5 Å². The van der Waals surface area contributed by atoms with Crippen molar-refractivity contribution in [2.75, 3.05) is 0 Å². The molecule has 2 atom stereocenters. The Morgan fingerprint density at radius 3 is 2.95 bits per heavy atom. The highest BCUT2D eigenvalue weighted by atomic mass is 16.5. The van der Waals surface area contributed by atoms with Crippen molar-refractivity contribution in [3.63, 3.8) is 0 Å². The Bertz CT molecular complexity index is 788. The van der Waals surface area contributed by atoms with Crippen LogP contribution in [0.25, 0.3) is 11.0 Å². The Labute approximate surface area is 129 Å². The van der Waals surface area contributed by atoms with Gasteiger partial charge in [-0.15, -0.1) is 0 Å². The van der Waals surface area contributed by atoms with Gasteiger partial charge in [-0.25, -0.2) is 4.79 Å². The maximum Gasteiger partial charge on any atom is 0.339 e. The zero-order valence-electron chi connectivity index (χ0n) is 12.9. The molecule has 1 heterocycles. The normalized spacial score (nSPS) is 18.7. The summed E-state index contributed by atoms with van der Waals surface area (Å²) in [5.74, 6) is 1.05. The van der Waals surface area contributed by atoms with Crippen LogP contribution in [0.5, 0.6) is 11.5 Å². The van der Waals surface area contributed by atoms with Crippen molar-refractivity contribution in [3.05, 3.63) is 46.3 Å². The van der Waals surface area contributed by atoms with Crippen molar-refractivity contribution in [3.8, 4) is 11.5 Å². The molecule has 0 saturated carbocycles. The second kappa shape index (κ2) is 5.52. The highest BCUT2D eigenvalue weighted by Gasteiger charge is 2.24. The van der Waals surface area contributed by atoms with Crippen LogP contribution in [0, 0.1) is 5.92 Å². The molecule has 116 valence electrons. The number of ether oxygens (including phenoxy) is 1. The van der Waals surface area contributed by atoms with Crippen LogP contribution >= 0.6 is 0 Å². The van der Waals surface area contributed by atoms with Gasteiger partial charge in [0.15, 0.2) is 0 Å². The quantitative estimate of drug-likeness (QED) is 0.695. The SMILES string of the molecule is C=CC(C)Oc1cc(O)c2c3c(c(=O)oc2c1)CCC(C)C3. The average molecular weight is 300 g/mol. The molecule has 0 radical (unpaired) electrons. The first-order valence-corrected chi connectivity index (χ1v) is 7.60. The highest BCUT2D eigenvalue weighted by Crippen LogP contribution is 2.37. The molecular formula is C18H20O4. The zero-order valence-corrected chi connectivity index (χ0v) is 12.9. The van der Waals surface area contributed by atoms with E-state index in [1.807, 2.05) is 6.92 Å². The smallest absolute Gasteiger partial charge is 0.339 e. The number of phenolic OH excluding ortho intramolecular Hbond substituents is 1. The molecule has 0 spiro atoms. The molecule has 1 N–H and O–H groups in total. The van der Waals surface area contributed by atoms with Crippen molar-refractivity contribution in [1.29, 1.82) is 0 Å². The first-order valence-electron chi connectivity index (χ1n) is 7.60. The molecule has 1 aliphatic rings. The van der Waals surface area contributed by atoms with E-state index in [4.69, 9.17) is 9.15 Å². The summed E-state index contributed by atoms with van der Waals surface area (Å²) in [5, 5.41) is 11.0. The maximum atomic E-state index is 12.2. The molecule has 1 aromatic heterocycles. The summed E-state index contributed by atoms with van der Waals surface area (Å²) in [4.78, 5) is 12.2. The number of hydrogen-bond acceptors (Lipinski definition) is 4. The molecule has 2 aromatic rings. The molecule has 0 aliphatic heterocycles. The van der Waals surface area contributed by atoms with E-state index in [2.05, 4.69) is 13.5 Å². The van der Waals surface area contributed by atoms with Crippen LogP contribution in [0.4, 0.5) is 0 Å². The topological polar surface area (TPSA) is 59.7 Å². The van der Waals surface area contributed by atoms with Crippen molar-refractivity contribution in [2.24, 2.45) is 5.92 Å². The van der Waals surface area contributed by atoms with E-state index in [0.29, 0.717) is 34.6 Å². The van der Waals surface area contributed by atoms with Crippen LogP contribution in [-0.4, -0.2) is 11.2 Å². The van der Waals surface area contributed by atoms with Gasteiger partial charge >= 0.3 is 5.63 Å². The van der Waals surface area contributed by atoms with E-state index in [1.165, 1.54) is 0 Å². The van der Waals surface area contributed by atoms with Crippen LogP contribution < -0.4 is 10.4 Å². The first-order chi connectivity index (χ1) is 10.5. The van der Waals surface area contributed by atoms with Gasteiger partial charge in [-0.05, 0) is 37.7 Å². The third-order valence-electron chi connectivity index (χ3n) is 4.26. The number of benzene rings is 1. The Balaban J connectivity index is 2.20. The van der Waals surface area contributed by atoms with E-state index in [9.17, 15) is 9.90 Å². The Kier molecular flexibility index (Phi) is 3.69. The Morgan fingerprint density at radius 1 is 1.45 bits per heavy atom. The lowest BCUT2D eigenvalue weighted by molar-refractivity contribution is 0.269. The highest BCUT2D eigenvalue weighted by molar-refractivity contribution is 5.89. The third kappa shape index (κ3) is 2.49. The van der Waals surface area contributed by atoms with Gasteiger partial charge in [0.25, 0.3) is 0 Å².